The number of aliphatic carboxylic acids is 1. The highest BCUT2D eigenvalue weighted by Crippen LogP contribution is 2.41. The van der Waals surface area contributed by atoms with E-state index >= 15 is 0 Å². The van der Waals surface area contributed by atoms with Gasteiger partial charge in [0.15, 0.2) is 0 Å². The second-order valence-corrected chi connectivity index (χ2v) is 8.23. The van der Waals surface area contributed by atoms with Crippen LogP contribution in [0.2, 0.25) is 0 Å². The number of carbonyl (C=O) groups is 1. The molecule has 2 rings (SSSR count). The number of rotatable bonds is 3. The fourth-order valence-corrected chi connectivity index (χ4v) is 4.62. The van der Waals surface area contributed by atoms with Crippen LogP contribution in [0.5, 0.6) is 0 Å². The number of carboxylic acid groups (broad SMARTS) is 1. The Hall–Kier alpha value is -0.550. The highest BCUT2D eigenvalue weighted by Gasteiger charge is 2.43. The van der Waals surface area contributed by atoms with E-state index in [1.165, 1.54) is 0 Å². The maximum Gasteiger partial charge on any atom is 0.320 e. The minimum absolute atomic E-state index is 0.0357. The molecule has 1 aromatic rings. The molecule has 0 spiro atoms. The molecule has 3 nitrogen and oxygen atoms in total. The van der Waals surface area contributed by atoms with Gasteiger partial charge in [-0.15, -0.1) is 23.1 Å². The standard InChI is InChI=1S/C13H19NO2S2/c1-12(2,3)9-8-17-10(14-9)7-13(11(15)16)5-4-6-18-13/h8H,4-7H2,1-3H3,(H,15,16). The van der Waals surface area contributed by atoms with Crippen LogP contribution in [0.4, 0.5) is 0 Å². The van der Waals surface area contributed by atoms with Crippen molar-refractivity contribution in [1.29, 1.82) is 0 Å². The monoisotopic (exact) mass is 285 g/mol. The SMILES string of the molecule is CC(C)(C)c1csc(CC2(C(=O)O)CCCS2)n1. The van der Waals surface area contributed by atoms with Gasteiger partial charge >= 0.3 is 5.97 Å². The third-order valence-electron chi connectivity index (χ3n) is 3.25. The van der Waals surface area contributed by atoms with E-state index in [0.29, 0.717) is 6.42 Å². The van der Waals surface area contributed by atoms with Gasteiger partial charge in [-0.05, 0) is 18.6 Å². The largest absolute Gasteiger partial charge is 0.480 e. The molecule has 1 atom stereocenters. The number of aromatic nitrogens is 1. The van der Waals surface area contributed by atoms with Crippen molar-refractivity contribution in [2.45, 2.75) is 50.2 Å². The minimum Gasteiger partial charge on any atom is -0.480 e. The smallest absolute Gasteiger partial charge is 0.320 e. The van der Waals surface area contributed by atoms with Crippen LogP contribution in [0.3, 0.4) is 0 Å². The lowest BCUT2D eigenvalue weighted by Gasteiger charge is -2.21. The molecular weight excluding hydrogens is 266 g/mol. The fraction of sp³-hybridized carbons (Fsp3) is 0.692. The van der Waals surface area contributed by atoms with Crippen molar-refractivity contribution in [3.63, 3.8) is 0 Å². The van der Waals surface area contributed by atoms with Gasteiger partial charge in [0.05, 0.1) is 10.7 Å². The number of hydrogen-bond acceptors (Lipinski definition) is 4. The first-order chi connectivity index (χ1) is 8.33. The fourth-order valence-electron chi connectivity index (χ4n) is 2.06. The Labute approximate surface area is 116 Å². The highest BCUT2D eigenvalue weighted by atomic mass is 32.2. The Morgan fingerprint density at radius 1 is 1.56 bits per heavy atom. The molecule has 0 amide bonds. The molecule has 0 radical (unpaired) electrons. The van der Waals surface area contributed by atoms with Crippen LogP contribution in [-0.2, 0) is 16.6 Å². The molecule has 1 saturated heterocycles. The molecule has 5 heteroatoms. The molecule has 1 aliphatic heterocycles. The Kier molecular flexibility index (Phi) is 3.74. The van der Waals surface area contributed by atoms with Crippen LogP contribution in [0, 0.1) is 0 Å². The Bertz CT molecular complexity index is 442. The van der Waals surface area contributed by atoms with Gasteiger partial charge in [-0.25, -0.2) is 4.98 Å². The lowest BCUT2D eigenvalue weighted by atomic mass is 9.93. The summed E-state index contributed by atoms with van der Waals surface area (Å²) in [5.41, 5.74) is 1.10. The molecule has 0 aromatic carbocycles. The van der Waals surface area contributed by atoms with E-state index in [9.17, 15) is 9.90 Å². The van der Waals surface area contributed by atoms with E-state index < -0.39 is 10.7 Å². The van der Waals surface area contributed by atoms with Crippen molar-refractivity contribution in [3.05, 3.63) is 16.1 Å². The predicted molar refractivity (Wildman–Crippen MR) is 76.6 cm³/mol. The first kappa shape index (κ1) is 13.9. The summed E-state index contributed by atoms with van der Waals surface area (Å²) < 4.78 is -0.632. The van der Waals surface area contributed by atoms with Gasteiger partial charge in [0, 0.05) is 17.2 Å². The topological polar surface area (TPSA) is 50.2 Å². The van der Waals surface area contributed by atoms with Crippen molar-refractivity contribution in [3.8, 4) is 0 Å². The van der Waals surface area contributed by atoms with E-state index in [1.807, 2.05) is 0 Å². The summed E-state index contributed by atoms with van der Waals surface area (Å²) in [4.78, 5) is 16.1. The van der Waals surface area contributed by atoms with Crippen molar-refractivity contribution >= 4 is 29.1 Å². The summed E-state index contributed by atoms with van der Waals surface area (Å²) in [6.45, 7) is 6.38. The average Bonchev–Trinajstić information content (AvgIpc) is 2.86. The Balaban J connectivity index is 2.18. The van der Waals surface area contributed by atoms with Gasteiger partial charge in [0.1, 0.15) is 4.75 Å². The van der Waals surface area contributed by atoms with E-state index in [0.717, 1.165) is 29.3 Å². The second-order valence-electron chi connectivity index (χ2n) is 5.80. The third-order valence-corrected chi connectivity index (χ3v) is 5.67. The molecule has 100 valence electrons. The number of hydrogen-bond donors (Lipinski definition) is 1. The van der Waals surface area contributed by atoms with Gasteiger partial charge in [0.2, 0.25) is 0 Å². The summed E-state index contributed by atoms with van der Waals surface area (Å²) >= 11 is 3.17. The van der Waals surface area contributed by atoms with Gasteiger partial charge in [-0.2, -0.15) is 0 Å². The number of nitrogens with zero attached hydrogens (tertiary/aromatic N) is 1. The molecule has 2 heterocycles. The molecular formula is C13H19NO2S2. The van der Waals surface area contributed by atoms with Gasteiger partial charge in [-0.1, -0.05) is 20.8 Å². The van der Waals surface area contributed by atoms with E-state index in [1.54, 1.807) is 23.1 Å². The number of carboxylic acids is 1. The number of thioether (sulfide) groups is 1. The molecule has 1 aliphatic rings. The maximum absolute atomic E-state index is 11.5. The molecule has 1 N–H and O–H groups in total. The maximum atomic E-state index is 11.5. The van der Waals surface area contributed by atoms with Gasteiger partial charge < -0.3 is 5.11 Å². The Morgan fingerprint density at radius 2 is 2.28 bits per heavy atom. The van der Waals surface area contributed by atoms with Crippen molar-refractivity contribution in [1.82, 2.24) is 4.98 Å². The van der Waals surface area contributed by atoms with E-state index in [-0.39, 0.29) is 5.41 Å². The molecule has 0 saturated carbocycles. The summed E-state index contributed by atoms with van der Waals surface area (Å²) in [5, 5.41) is 12.5. The minimum atomic E-state index is -0.683. The average molecular weight is 285 g/mol. The van der Waals surface area contributed by atoms with Crippen molar-refractivity contribution in [2.24, 2.45) is 0 Å². The summed E-state index contributed by atoms with van der Waals surface area (Å²) in [6.07, 6.45) is 2.32. The zero-order valence-electron chi connectivity index (χ0n) is 11.0. The van der Waals surface area contributed by atoms with Crippen molar-refractivity contribution < 1.29 is 9.90 Å². The first-order valence-corrected chi connectivity index (χ1v) is 8.02. The van der Waals surface area contributed by atoms with E-state index in [4.69, 9.17) is 0 Å². The summed E-state index contributed by atoms with van der Waals surface area (Å²) in [5.74, 6) is 0.265. The predicted octanol–water partition coefficient (Wildman–Crippen LogP) is 3.33. The lowest BCUT2D eigenvalue weighted by molar-refractivity contribution is -0.139. The molecule has 1 unspecified atom stereocenters. The van der Waals surface area contributed by atoms with Crippen LogP contribution in [0.25, 0.3) is 0 Å². The highest BCUT2D eigenvalue weighted by molar-refractivity contribution is 8.01. The third kappa shape index (κ3) is 2.72. The normalized spacial score (nSPS) is 24.4. The zero-order valence-corrected chi connectivity index (χ0v) is 12.7. The van der Waals surface area contributed by atoms with Crippen LogP contribution in [0.15, 0.2) is 5.38 Å². The summed E-state index contributed by atoms with van der Waals surface area (Å²) in [6, 6.07) is 0. The summed E-state index contributed by atoms with van der Waals surface area (Å²) in [7, 11) is 0. The van der Waals surface area contributed by atoms with Gasteiger partial charge in [0.25, 0.3) is 0 Å². The van der Waals surface area contributed by atoms with Crippen LogP contribution < -0.4 is 0 Å². The molecule has 1 fully saturated rings. The lowest BCUT2D eigenvalue weighted by Crippen LogP contribution is -2.34. The molecule has 0 aliphatic carbocycles. The molecule has 18 heavy (non-hydrogen) atoms. The molecule has 0 bridgehead atoms. The molecule has 1 aromatic heterocycles. The quantitative estimate of drug-likeness (QED) is 0.925. The van der Waals surface area contributed by atoms with Crippen molar-refractivity contribution in [2.75, 3.05) is 5.75 Å². The Morgan fingerprint density at radius 3 is 2.72 bits per heavy atom. The van der Waals surface area contributed by atoms with Crippen LogP contribution in [0.1, 0.15) is 44.3 Å². The van der Waals surface area contributed by atoms with Crippen LogP contribution >= 0.6 is 23.1 Å². The van der Waals surface area contributed by atoms with E-state index in [2.05, 4.69) is 31.1 Å². The van der Waals surface area contributed by atoms with Gasteiger partial charge in [-0.3, -0.25) is 4.79 Å². The first-order valence-electron chi connectivity index (χ1n) is 6.16. The second kappa shape index (κ2) is 4.85. The van der Waals surface area contributed by atoms with Crippen LogP contribution in [-0.4, -0.2) is 26.6 Å². The number of thiazole rings is 1. The zero-order chi connectivity index (χ0) is 13.4.